The molecule has 1 heterocycles. The van der Waals surface area contributed by atoms with Crippen molar-refractivity contribution in [2.75, 3.05) is 7.11 Å². The van der Waals surface area contributed by atoms with Crippen LogP contribution >= 0.6 is 0 Å². The van der Waals surface area contributed by atoms with Crippen LogP contribution in [0.25, 0.3) is 5.57 Å². The van der Waals surface area contributed by atoms with E-state index in [0.717, 1.165) is 7.11 Å². The number of aromatic amines is 1. The lowest BCUT2D eigenvalue weighted by Gasteiger charge is -2.07. The van der Waals surface area contributed by atoms with Gasteiger partial charge in [-0.2, -0.15) is 13.2 Å². The molecule has 0 radical (unpaired) electrons. The number of esters is 1. The molecule has 0 fully saturated rings. The molecular weight excluding hydrogens is 253 g/mol. The fourth-order valence-corrected chi connectivity index (χ4v) is 1.22. The molecule has 0 amide bonds. The van der Waals surface area contributed by atoms with Gasteiger partial charge in [-0.05, 0) is 6.92 Å². The van der Waals surface area contributed by atoms with Crippen LogP contribution in [0, 0.1) is 0 Å². The summed E-state index contributed by atoms with van der Waals surface area (Å²) in [5.41, 5.74) is -1.49. The number of carbonyl (C=O) groups is 1. The first-order valence-electron chi connectivity index (χ1n) is 4.72. The molecule has 0 aliphatic heterocycles. The normalized spacial score (nSPS) is 12.4. The Morgan fingerprint density at radius 1 is 1.50 bits per heavy atom. The largest absolute Gasteiger partial charge is 0.465 e. The Morgan fingerprint density at radius 2 is 2.11 bits per heavy atom. The van der Waals surface area contributed by atoms with Gasteiger partial charge in [0.1, 0.15) is 0 Å². The maximum absolute atomic E-state index is 12.3. The van der Waals surface area contributed by atoms with Crippen LogP contribution in [0.2, 0.25) is 0 Å². The number of hydrogen-bond acceptors (Lipinski definition) is 4. The van der Waals surface area contributed by atoms with Crippen molar-refractivity contribution < 1.29 is 22.7 Å². The van der Waals surface area contributed by atoms with Crippen LogP contribution in [0.3, 0.4) is 0 Å². The number of aromatic nitrogens is 2. The Labute approximate surface area is 99.3 Å². The average molecular weight is 262 g/mol. The molecule has 1 rings (SSSR count). The van der Waals surface area contributed by atoms with Crippen molar-refractivity contribution in [3.8, 4) is 0 Å². The van der Waals surface area contributed by atoms with E-state index in [9.17, 15) is 22.8 Å². The number of ether oxygens (including phenoxy) is 1. The lowest BCUT2D eigenvalue weighted by Crippen LogP contribution is -2.23. The van der Waals surface area contributed by atoms with Gasteiger partial charge in [0.25, 0.3) is 5.56 Å². The molecule has 18 heavy (non-hydrogen) atoms. The van der Waals surface area contributed by atoms with Crippen LogP contribution in [-0.2, 0) is 15.7 Å². The van der Waals surface area contributed by atoms with E-state index in [-0.39, 0.29) is 11.1 Å². The number of hydrogen-bond donors (Lipinski definition) is 1. The lowest BCUT2D eigenvalue weighted by molar-refractivity contribution is -0.145. The Hall–Kier alpha value is -2.12. The second kappa shape index (κ2) is 5.03. The van der Waals surface area contributed by atoms with E-state index in [2.05, 4.69) is 9.72 Å². The van der Waals surface area contributed by atoms with Gasteiger partial charge in [-0.15, -0.1) is 0 Å². The Kier molecular flexibility index (Phi) is 3.89. The Morgan fingerprint density at radius 3 is 2.50 bits per heavy atom. The standard InChI is InChI=1S/C10H9F3N2O3/c1-3-5(8(17)18-2)6-4-14-9(10(11,12)13)15-7(6)16/h3-4H,1-2H3,(H,14,15,16)/b5-3+. The zero-order valence-electron chi connectivity index (χ0n) is 9.46. The molecule has 0 unspecified atom stereocenters. The first-order valence-corrected chi connectivity index (χ1v) is 4.72. The summed E-state index contributed by atoms with van der Waals surface area (Å²) in [7, 11) is 1.09. The fourth-order valence-electron chi connectivity index (χ4n) is 1.22. The molecule has 1 aromatic heterocycles. The van der Waals surface area contributed by atoms with E-state index < -0.39 is 23.5 Å². The van der Waals surface area contributed by atoms with Gasteiger partial charge in [0.2, 0.25) is 5.82 Å². The highest BCUT2D eigenvalue weighted by Crippen LogP contribution is 2.25. The molecule has 0 aromatic carbocycles. The van der Waals surface area contributed by atoms with Crippen LogP contribution in [0.1, 0.15) is 18.3 Å². The molecule has 0 aliphatic carbocycles. The van der Waals surface area contributed by atoms with E-state index in [0.29, 0.717) is 6.20 Å². The van der Waals surface area contributed by atoms with Crippen LogP contribution in [0.5, 0.6) is 0 Å². The smallest absolute Gasteiger partial charge is 0.449 e. The predicted molar refractivity (Wildman–Crippen MR) is 55.5 cm³/mol. The Bertz CT molecular complexity index is 546. The number of carbonyl (C=O) groups excluding carboxylic acids is 1. The van der Waals surface area contributed by atoms with Crippen LogP contribution in [0.4, 0.5) is 13.2 Å². The second-order valence-electron chi connectivity index (χ2n) is 3.17. The predicted octanol–water partition coefficient (Wildman–Crippen LogP) is 1.36. The zero-order valence-corrected chi connectivity index (χ0v) is 9.46. The molecule has 0 saturated heterocycles. The van der Waals surface area contributed by atoms with Crippen LogP contribution in [-0.4, -0.2) is 23.0 Å². The molecule has 0 saturated carbocycles. The fraction of sp³-hybridized carbons (Fsp3) is 0.300. The maximum atomic E-state index is 12.3. The van der Waals surface area contributed by atoms with Crippen molar-refractivity contribution in [1.29, 1.82) is 0 Å². The molecule has 98 valence electrons. The summed E-state index contributed by atoms with van der Waals surface area (Å²) < 4.78 is 41.2. The van der Waals surface area contributed by atoms with E-state index in [1.165, 1.54) is 13.0 Å². The molecule has 0 spiro atoms. The number of nitrogens with zero attached hydrogens (tertiary/aromatic N) is 1. The zero-order chi connectivity index (χ0) is 13.9. The highest BCUT2D eigenvalue weighted by atomic mass is 19.4. The van der Waals surface area contributed by atoms with Crippen molar-refractivity contribution in [1.82, 2.24) is 9.97 Å². The number of rotatable bonds is 2. The van der Waals surface area contributed by atoms with Crippen molar-refractivity contribution >= 4 is 11.5 Å². The highest BCUT2D eigenvalue weighted by Gasteiger charge is 2.34. The lowest BCUT2D eigenvalue weighted by atomic mass is 10.1. The summed E-state index contributed by atoms with van der Waals surface area (Å²) >= 11 is 0. The minimum Gasteiger partial charge on any atom is -0.465 e. The van der Waals surface area contributed by atoms with Crippen molar-refractivity contribution in [3.63, 3.8) is 0 Å². The molecular formula is C10H9F3N2O3. The average Bonchev–Trinajstić information content (AvgIpc) is 2.30. The molecule has 0 atom stereocenters. The minimum absolute atomic E-state index is 0.153. The molecule has 5 nitrogen and oxygen atoms in total. The Balaban J connectivity index is 3.30. The van der Waals surface area contributed by atoms with Gasteiger partial charge < -0.3 is 9.72 Å². The van der Waals surface area contributed by atoms with Gasteiger partial charge in [-0.3, -0.25) is 4.79 Å². The third-order valence-electron chi connectivity index (χ3n) is 2.05. The maximum Gasteiger partial charge on any atom is 0.449 e. The van der Waals surface area contributed by atoms with Gasteiger partial charge in [-0.25, -0.2) is 9.78 Å². The van der Waals surface area contributed by atoms with Crippen molar-refractivity contribution in [2.45, 2.75) is 13.1 Å². The second-order valence-corrected chi connectivity index (χ2v) is 3.17. The van der Waals surface area contributed by atoms with Crippen LogP contribution < -0.4 is 5.56 Å². The molecule has 0 bridgehead atoms. The highest BCUT2D eigenvalue weighted by molar-refractivity contribution is 6.16. The summed E-state index contributed by atoms with van der Waals surface area (Å²) in [6.45, 7) is 1.45. The van der Waals surface area contributed by atoms with Crippen LogP contribution in [0.15, 0.2) is 17.1 Å². The topological polar surface area (TPSA) is 72.0 Å². The summed E-state index contributed by atoms with van der Waals surface area (Å²) in [5, 5.41) is 0. The number of nitrogens with one attached hydrogen (secondary N) is 1. The molecule has 1 aromatic rings. The number of alkyl halides is 3. The first-order chi connectivity index (χ1) is 8.31. The summed E-state index contributed by atoms with van der Waals surface area (Å²) in [6, 6.07) is 0. The number of allylic oxidation sites excluding steroid dienone is 1. The molecule has 1 N–H and O–H groups in total. The van der Waals surface area contributed by atoms with Gasteiger partial charge >= 0.3 is 12.1 Å². The minimum atomic E-state index is -4.75. The third kappa shape index (κ3) is 2.76. The number of halogens is 3. The van der Waals surface area contributed by atoms with E-state index >= 15 is 0 Å². The van der Waals surface area contributed by atoms with E-state index in [4.69, 9.17) is 0 Å². The van der Waals surface area contributed by atoms with Gasteiger partial charge in [0, 0.05) is 6.20 Å². The first kappa shape index (κ1) is 13.9. The van der Waals surface area contributed by atoms with Crippen molar-refractivity contribution in [2.24, 2.45) is 0 Å². The third-order valence-corrected chi connectivity index (χ3v) is 2.05. The van der Waals surface area contributed by atoms with E-state index in [1.54, 1.807) is 4.98 Å². The summed E-state index contributed by atoms with van der Waals surface area (Å²) in [6.07, 6.45) is -2.81. The van der Waals surface area contributed by atoms with E-state index in [1.807, 2.05) is 0 Å². The molecule has 8 heteroatoms. The van der Waals surface area contributed by atoms with Gasteiger partial charge in [0.05, 0.1) is 18.2 Å². The van der Waals surface area contributed by atoms with Gasteiger partial charge in [0.15, 0.2) is 0 Å². The SMILES string of the molecule is C/C=C(/C(=O)OC)c1cnc(C(F)(F)F)[nH]c1=O. The quantitative estimate of drug-likeness (QED) is 0.645. The monoisotopic (exact) mass is 262 g/mol. The molecule has 0 aliphatic rings. The number of H-pyrrole nitrogens is 1. The number of methoxy groups -OCH3 is 1. The van der Waals surface area contributed by atoms with Crippen molar-refractivity contribution in [3.05, 3.63) is 34.0 Å². The van der Waals surface area contributed by atoms with Gasteiger partial charge in [-0.1, -0.05) is 6.08 Å². The summed E-state index contributed by atoms with van der Waals surface area (Å²) in [4.78, 5) is 27.4. The summed E-state index contributed by atoms with van der Waals surface area (Å²) in [5.74, 6) is -2.25.